The minimum atomic E-state index is -3.92. The molecule has 0 amide bonds. The molecule has 1 fully saturated rings. The van der Waals surface area contributed by atoms with Crippen molar-refractivity contribution in [2.24, 2.45) is 0 Å². The van der Waals surface area contributed by atoms with Crippen LogP contribution in [0.3, 0.4) is 0 Å². The lowest BCUT2D eigenvalue weighted by atomic mass is 10.0. The second-order valence-electron chi connectivity index (χ2n) is 6.03. The van der Waals surface area contributed by atoms with Crippen LogP contribution < -0.4 is 9.47 Å². The zero-order valence-corrected chi connectivity index (χ0v) is 15.9. The zero-order valence-electron chi connectivity index (χ0n) is 14.3. The van der Waals surface area contributed by atoms with E-state index in [0.29, 0.717) is 5.75 Å². The van der Waals surface area contributed by atoms with E-state index < -0.39 is 25.4 Å². The van der Waals surface area contributed by atoms with Crippen LogP contribution >= 0.6 is 0 Å². The quantitative estimate of drug-likeness (QED) is 0.742. The topological polar surface area (TPSA) is 90.0 Å². The van der Waals surface area contributed by atoms with Crippen LogP contribution in [0.1, 0.15) is 20.3 Å². The Hall–Kier alpha value is -1.32. The highest BCUT2D eigenvalue weighted by Gasteiger charge is 2.47. The second kappa shape index (κ2) is 6.53. The van der Waals surface area contributed by atoms with Gasteiger partial charge in [0.2, 0.25) is 10.0 Å². The van der Waals surface area contributed by atoms with Crippen LogP contribution in [0.25, 0.3) is 0 Å². The summed E-state index contributed by atoms with van der Waals surface area (Å²) >= 11 is 0. The first-order chi connectivity index (χ1) is 11.1. The fourth-order valence-electron chi connectivity index (χ4n) is 3.14. The van der Waals surface area contributed by atoms with E-state index in [2.05, 4.69) is 0 Å². The Balaban J connectivity index is 2.52. The van der Waals surface area contributed by atoms with Gasteiger partial charge in [-0.1, -0.05) is 6.92 Å². The van der Waals surface area contributed by atoms with Gasteiger partial charge >= 0.3 is 0 Å². The lowest BCUT2D eigenvalue weighted by molar-refractivity contribution is 0.242. The molecule has 136 valence electrons. The van der Waals surface area contributed by atoms with Crippen molar-refractivity contribution in [3.8, 4) is 11.5 Å². The maximum atomic E-state index is 13.2. The molecule has 1 aliphatic heterocycles. The molecule has 9 heteroatoms. The SMILES string of the molecule is CCN([C@]1(C)CCS(=O)(=O)C1)S(=O)(=O)c1ccc(OC)cc1OC. The Kier molecular flexibility index (Phi) is 5.17. The average Bonchev–Trinajstić information content (AvgIpc) is 2.80. The number of sulfone groups is 1. The van der Waals surface area contributed by atoms with Crippen LogP contribution in [0.15, 0.2) is 23.1 Å². The fourth-order valence-corrected chi connectivity index (χ4v) is 7.31. The Labute approximate surface area is 143 Å². The van der Waals surface area contributed by atoms with Gasteiger partial charge in [-0.05, 0) is 25.5 Å². The van der Waals surface area contributed by atoms with E-state index in [1.54, 1.807) is 13.8 Å². The third-order valence-corrected chi connectivity index (χ3v) is 8.37. The second-order valence-corrected chi connectivity index (χ2v) is 10.0. The predicted molar refractivity (Wildman–Crippen MR) is 90.8 cm³/mol. The zero-order chi connectivity index (χ0) is 18.2. The molecule has 2 rings (SSSR count). The number of nitrogens with zero attached hydrogens (tertiary/aromatic N) is 1. The highest BCUT2D eigenvalue weighted by Crippen LogP contribution is 2.37. The lowest BCUT2D eigenvalue weighted by Crippen LogP contribution is -2.50. The van der Waals surface area contributed by atoms with E-state index in [-0.39, 0.29) is 35.1 Å². The monoisotopic (exact) mass is 377 g/mol. The first-order valence-electron chi connectivity index (χ1n) is 7.55. The van der Waals surface area contributed by atoms with Crippen molar-refractivity contribution in [3.63, 3.8) is 0 Å². The van der Waals surface area contributed by atoms with Gasteiger partial charge in [0.25, 0.3) is 0 Å². The molecule has 0 N–H and O–H groups in total. The first kappa shape index (κ1) is 19.0. The van der Waals surface area contributed by atoms with Crippen LogP contribution in [0.2, 0.25) is 0 Å². The third-order valence-electron chi connectivity index (χ3n) is 4.31. The first-order valence-corrected chi connectivity index (χ1v) is 10.8. The molecule has 0 aromatic heterocycles. The molecule has 1 saturated heterocycles. The minimum Gasteiger partial charge on any atom is -0.497 e. The molecule has 0 radical (unpaired) electrons. The number of ether oxygens (including phenoxy) is 2. The molecular weight excluding hydrogens is 354 g/mol. The van der Waals surface area contributed by atoms with Crippen LogP contribution in [0, 0.1) is 0 Å². The summed E-state index contributed by atoms with van der Waals surface area (Å²) in [5.41, 5.74) is -0.961. The van der Waals surface area contributed by atoms with Crippen molar-refractivity contribution in [1.82, 2.24) is 4.31 Å². The van der Waals surface area contributed by atoms with Gasteiger partial charge in [0.1, 0.15) is 16.4 Å². The Morgan fingerprint density at radius 1 is 1.25 bits per heavy atom. The summed E-state index contributed by atoms with van der Waals surface area (Å²) in [6.45, 7) is 3.54. The van der Waals surface area contributed by atoms with E-state index in [4.69, 9.17) is 9.47 Å². The fraction of sp³-hybridized carbons (Fsp3) is 0.600. The van der Waals surface area contributed by atoms with Crippen molar-refractivity contribution in [3.05, 3.63) is 18.2 Å². The van der Waals surface area contributed by atoms with Crippen molar-refractivity contribution < 1.29 is 26.3 Å². The van der Waals surface area contributed by atoms with Gasteiger partial charge in [-0.25, -0.2) is 16.8 Å². The van der Waals surface area contributed by atoms with Crippen molar-refractivity contribution in [2.75, 3.05) is 32.3 Å². The number of hydrogen-bond donors (Lipinski definition) is 0. The smallest absolute Gasteiger partial charge is 0.247 e. The highest BCUT2D eigenvalue weighted by molar-refractivity contribution is 7.92. The Morgan fingerprint density at radius 3 is 2.38 bits per heavy atom. The lowest BCUT2D eigenvalue weighted by Gasteiger charge is -2.35. The van der Waals surface area contributed by atoms with Crippen LogP contribution in [-0.4, -0.2) is 58.9 Å². The van der Waals surface area contributed by atoms with Gasteiger partial charge in [-0.2, -0.15) is 4.31 Å². The summed E-state index contributed by atoms with van der Waals surface area (Å²) in [6, 6.07) is 4.45. The maximum Gasteiger partial charge on any atom is 0.247 e. The minimum absolute atomic E-state index is 0.00169. The molecule has 1 heterocycles. The molecule has 0 bridgehead atoms. The van der Waals surface area contributed by atoms with Crippen LogP contribution in [-0.2, 0) is 19.9 Å². The van der Waals surface area contributed by atoms with Crippen molar-refractivity contribution >= 4 is 19.9 Å². The van der Waals surface area contributed by atoms with E-state index in [9.17, 15) is 16.8 Å². The molecular formula is C15H23NO6S2. The molecule has 1 atom stereocenters. The van der Waals surface area contributed by atoms with E-state index in [1.165, 1.54) is 36.7 Å². The molecule has 7 nitrogen and oxygen atoms in total. The van der Waals surface area contributed by atoms with Gasteiger partial charge < -0.3 is 9.47 Å². The van der Waals surface area contributed by atoms with Gasteiger partial charge in [0.15, 0.2) is 9.84 Å². The summed E-state index contributed by atoms with van der Waals surface area (Å²) in [7, 11) is -4.30. The third kappa shape index (κ3) is 3.38. The molecule has 0 saturated carbocycles. The van der Waals surface area contributed by atoms with E-state index in [1.807, 2.05) is 0 Å². The van der Waals surface area contributed by atoms with Gasteiger partial charge in [0.05, 0.1) is 25.7 Å². The van der Waals surface area contributed by atoms with Gasteiger partial charge in [-0.15, -0.1) is 0 Å². The molecule has 24 heavy (non-hydrogen) atoms. The van der Waals surface area contributed by atoms with Crippen LogP contribution in [0.4, 0.5) is 0 Å². The summed E-state index contributed by atoms with van der Waals surface area (Å²) in [5, 5.41) is 0. The predicted octanol–water partition coefficient (Wildman–Crippen LogP) is 1.29. The highest BCUT2D eigenvalue weighted by atomic mass is 32.2. The maximum absolute atomic E-state index is 13.2. The molecule has 1 aromatic rings. The van der Waals surface area contributed by atoms with Crippen molar-refractivity contribution in [1.29, 1.82) is 0 Å². The molecule has 1 aliphatic rings. The summed E-state index contributed by atoms with van der Waals surface area (Å²) in [4.78, 5) is -0.00169. The number of sulfonamides is 1. The number of methoxy groups -OCH3 is 2. The molecule has 1 aromatic carbocycles. The summed E-state index contributed by atoms with van der Waals surface area (Å²) in [6.07, 6.45) is 0.279. The van der Waals surface area contributed by atoms with Gasteiger partial charge in [-0.3, -0.25) is 0 Å². The van der Waals surface area contributed by atoms with E-state index in [0.717, 1.165) is 0 Å². The Morgan fingerprint density at radius 2 is 1.92 bits per heavy atom. The molecule has 0 unspecified atom stereocenters. The Bertz CT molecular complexity index is 818. The normalized spacial score (nSPS) is 23.4. The standard InChI is InChI=1S/C15H23NO6S2/c1-5-16(15(2)8-9-23(17,18)11-15)24(19,20)14-7-6-12(21-3)10-13(14)22-4/h6-7,10H,5,8-9,11H2,1-4H3/t15-/m1/s1. The summed E-state index contributed by atoms with van der Waals surface area (Å²) < 4.78 is 61.6. The van der Waals surface area contributed by atoms with Crippen LogP contribution in [0.5, 0.6) is 11.5 Å². The number of hydrogen-bond acceptors (Lipinski definition) is 6. The van der Waals surface area contributed by atoms with E-state index >= 15 is 0 Å². The van der Waals surface area contributed by atoms with Gasteiger partial charge in [0, 0.05) is 18.2 Å². The van der Waals surface area contributed by atoms with Crippen molar-refractivity contribution in [2.45, 2.75) is 30.7 Å². The largest absolute Gasteiger partial charge is 0.497 e. The molecule has 0 aliphatic carbocycles. The number of rotatable bonds is 6. The molecule has 0 spiro atoms. The number of benzene rings is 1. The average molecular weight is 377 g/mol. The summed E-state index contributed by atoms with van der Waals surface area (Å²) in [5.74, 6) is 0.460.